The molecule has 0 saturated carbocycles. The average Bonchev–Trinajstić information content (AvgIpc) is 2.61. The lowest BCUT2D eigenvalue weighted by Gasteiger charge is -2.04. The molecule has 1 amide bonds. The molecule has 1 aliphatic heterocycles. The molecule has 0 unspecified atom stereocenters. The molecule has 0 atom stereocenters. The number of nitrogens with two attached hydrogens (primary N) is 1. The van der Waals surface area contributed by atoms with E-state index in [9.17, 15) is 4.79 Å². The van der Waals surface area contributed by atoms with E-state index in [4.69, 9.17) is 10.9 Å². The van der Waals surface area contributed by atoms with E-state index in [0.29, 0.717) is 0 Å². The number of carboxylic acid groups (broad SMARTS) is 1. The SMILES string of the molecule is N[N+]1(C(=O)O)C2=C1CCCC2. The summed E-state index contributed by atoms with van der Waals surface area (Å²) in [5.74, 6) is 5.60. The van der Waals surface area contributed by atoms with E-state index in [1.165, 1.54) is 0 Å². The number of hydrogen-bond donors (Lipinski definition) is 2. The summed E-state index contributed by atoms with van der Waals surface area (Å²) >= 11 is 0. The Morgan fingerprint density at radius 1 is 1.36 bits per heavy atom. The molecule has 0 radical (unpaired) electrons. The molecule has 60 valence electrons. The Labute approximate surface area is 64.5 Å². The molecule has 1 heterocycles. The van der Waals surface area contributed by atoms with Crippen LogP contribution in [0.4, 0.5) is 4.79 Å². The number of nitrogens with zero attached hydrogens (tertiary/aromatic N) is 1. The van der Waals surface area contributed by atoms with Gasteiger partial charge in [-0.1, -0.05) is 4.59 Å². The average molecular weight is 155 g/mol. The van der Waals surface area contributed by atoms with E-state index < -0.39 is 6.09 Å². The second-order valence-electron chi connectivity index (χ2n) is 3.11. The fraction of sp³-hybridized carbons (Fsp3) is 0.571. The van der Waals surface area contributed by atoms with Crippen LogP contribution in [0.3, 0.4) is 0 Å². The highest BCUT2D eigenvalue weighted by Gasteiger charge is 2.61. The van der Waals surface area contributed by atoms with Crippen molar-refractivity contribution in [2.45, 2.75) is 25.7 Å². The maximum Gasteiger partial charge on any atom is 0.543 e. The first-order valence-electron chi connectivity index (χ1n) is 3.81. The lowest BCUT2D eigenvalue weighted by atomic mass is 10.1. The highest BCUT2D eigenvalue weighted by molar-refractivity contribution is 5.63. The molecule has 0 fully saturated rings. The fourth-order valence-corrected chi connectivity index (χ4v) is 1.82. The molecule has 0 saturated heterocycles. The van der Waals surface area contributed by atoms with E-state index in [0.717, 1.165) is 37.1 Å². The largest absolute Gasteiger partial charge is 0.543 e. The van der Waals surface area contributed by atoms with Gasteiger partial charge < -0.3 is 5.11 Å². The molecule has 2 rings (SSSR count). The zero-order valence-corrected chi connectivity index (χ0v) is 6.21. The first-order chi connectivity index (χ1) is 5.17. The van der Waals surface area contributed by atoms with E-state index in [-0.39, 0.29) is 4.59 Å². The van der Waals surface area contributed by atoms with Gasteiger partial charge >= 0.3 is 6.09 Å². The zero-order chi connectivity index (χ0) is 8.06. The van der Waals surface area contributed by atoms with Gasteiger partial charge in [0.25, 0.3) is 0 Å². The third-order valence-corrected chi connectivity index (χ3v) is 2.51. The molecule has 4 nitrogen and oxygen atoms in total. The Bertz CT molecular complexity index is 241. The molecule has 0 aromatic carbocycles. The van der Waals surface area contributed by atoms with Gasteiger partial charge in [-0.3, -0.25) is 0 Å². The Morgan fingerprint density at radius 3 is 2.18 bits per heavy atom. The Balaban J connectivity index is 2.21. The molecule has 2 aliphatic rings. The van der Waals surface area contributed by atoms with Crippen molar-refractivity contribution in [1.29, 1.82) is 0 Å². The number of hydrogen-bond acceptors (Lipinski definition) is 2. The van der Waals surface area contributed by atoms with Crippen LogP contribution in [0.5, 0.6) is 0 Å². The highest BCUT2D eigenvalue weighted by atomic mass is 16.4. The minimum absolute atomic E-state index is 0.361. The Hall–Kier alpha value is -0.870. The van der Waals surface area contributed by atoms with E-state index >= 15 is 0 Å². The van der Waals surface area contributed by atoms with Gasteiger partial charge in [0.1, 0.15) is 0 Å². The summed E-state index contributed by atoms with van der Waals surface area (Å²) in [5.41, 5.74) is 1.87. The van der Waals surface area contributed by atoms with Crippen molar-refractivity contribution in [3.05, 3.63) is 11.4 Å². The maximum atomic E-state index is 10.7. The number of quaternary nitrogens is 1. The van der Waals surface area contributed by atoms with E-state index in [2.05, 4.69) is 0 Å². The summed E-state index contributed by atoms with van der Waals surface area (Å²) in [4.78, 5) is 10.7. The number of likely N-dealkylation sites (tertiary alicyclic amines) is 1. The number of allylic oxidation sites excluding steroid dienone is 2. The molecule has 0 spiro atoms. The molecule has 4 heteroatoms. The minimum atomic E-state index is -0.933. The third-order valence-electron chi connectivity index (χ3n) is 2.51. The molecular weight excluding hydrogens is 144 g/mol. The quantitative estimate of drug-likeness (QED) is 0.313. The van der Waals surface area contributed by atoms with Crippen LogP contribution in [0.2, 0.25) is 0 Å². The molecule has 1 aliphatic carbocycles. The second-order valence-corrected chi connectivity index (χ2v) is 3.11. The number of amides is 1. The molecule has 0 aromatic rings. The van der Waals surface area contributed by atoms with Gasteiger partial charge in [-0.25, -0.2) is 0 Å². The van der Waals surface area contributed by atoms with Crippen LogP contribution >= 0.6 is 0 Å². The van der Waals surface area contributed by atoms with Crippen molar-refractivity contribution in [2.24, 2.45) is 5.84 Å². The lowest BCUT2D eigenvalue weighted by molar-refractivity contribution is -0.723. The molecule has 3 N–H and O–H groups in total. The molecule has 11 heavy (non-hydrogen) atoms. The van der Waals surface area contributed by atoms with Crippen molar-refractivity contribution in [3.63, 3.8) is 0 Å². The van der Waals surface area contributed by atoms with Gasteiger partial charge in [-0.15, -0.1) is 0 Å². The van der Waals surface area contributed by atoms with Gasteiger partial charge in [-0.05, 0) is 12.8 Å². The van der Waals surface area contributed by atoms with Crippen molar-refractivity contribution in [2.75, 3.05) is 0 Å². The predicted molar refractivity (Wildman–Crippen MR) is 38.0 cm³/mol. The van der Waals surface area contributed by atoms with Crippen LogP contribution in [-0.2, 0) is 0 Å². The van der Waals surface area contributed by atoms with Crippen LogP contribution in [0.25, 0.3) is 0 Å². The summed E-state index contributed by atoms with van der Waals surface area (Å²) in [6, 6.07) is 0. The summed E-state index contributed by atoms with van der Waals surface area (Å²) in [6.45, 7) is 0. The Kier molecular flexibility index (Phi) is 1.14. The van der Waals surface area contributed by atoms with Gasteiger partial charge in [0, 0.05) is 12.8 Å². The van der Waals surface area contributed by atoms with Crippen molar-refractivity contribution in [1.82, 2.24) is 0 Å². The van der Waals surface area contributed by atoms with Crippen molar-refractivity contribution in [3.8, 4) is 0 Å². The monoisotopic (exact) mass is 155 g/mol. The number of carbonyl (C=O) groups is 1. The first kappa shape index (κ1) is 6.82. The summed E-state index contributed by atoms with van der Waals surface area (Å²) in [5, 5.41) is 8.75. The zero-order valence-electron chi connectivity index (χ0n) is 6.21. The van der Waals surface area contributed by atoms with Crippen LogP contribution in [0.1, 0.15) is 25.7 Å². The smallest absolute Gasteiger partial charge is 0.433 e. The van der Waals surface area contributed by atoms with Gasteiger partial charge in [-0.2, -0.15) is 10.6 Å². The van der Waals surface area contributed by atoms with Crippen LogP contribution < -0.4 is 5.84 Å². The second kappa shape index (κ2) is 1.84. The topological polar surface area (TPSA) is 63.3 Å². The lowest BCUT2D eigenvalue weighted by Crippen LogP contribution is -2.42. The highest BCUT2D eigenvalue weighted by Crippen LogP contribution is 2.48. The molecule has 0 aromatic heterocycles. The van der Waals surface area contributed by atoms with Crippen LogP contribution in [-0.4, -0.2) is 15.8 Å². The Morgan fingerprint density at radius 2 is 1.82 bits per heavy atom. The van der Waals surface area contributed by atoms with Gasteiger partial charge in [0.15, 0.2) is 0 Å². The normalized spacial score (nSPS) is 26.3. The van der Waals surface area contributed by atoms with Crippen molar-refractivity contribution >= 4 is 6.09 Å². The maximum absolute atomic E-state index is 10.7. The van der Waals surface area contributed by atoms with Gasteiger partial charge in [0.05, 0.1) is 0 Å². The van der Waals surface area contributed by atoms with Crippen molar-refractivity contribution < 1.29 is 14.5 Å². The van der Waals surface area contributed by atoms with E-state index in [1.807, 2.05) is 0 Å². The predicted octanol–water partition coefficient (Wildman–Crippen LogP) is 1.15. The minimum Gasteiger partial charge on any atom is -0.433 e. The van der Waals surface area contributed by atoms with E-state index in [1.54, 1.807) is 0 Å². The molecule has 0 bridgehead atoms. The molecular formula is C7H11N2O2+. The summed E-state index contributed by atoms with van der Waals surface area (Å²) in [7, 11) is 0. The standard InChI is InChI=1S/C7H10N2O2/c8-9(7(10)11)5-3-1-2-4-6(5)9/h1-4,8H2/p+1. The first-order valence-corrected chi connectivity index (χ1v) is 3.81. The third kappa shape index (κ3) is 0.680. The van der Waals surface area contributed by atoms with Crippen LogP contribution in [0, 0.1) is 0 Å². The number of rotatable bonds is 0. The summed E-state index contributed by atoms with van der Waals surface area (Å²) < 4.78 is -0.361. The summed E-state index contributed by atoms with van der Waals surface area (Å²) in [6.07, 6.45) is 2.99. The van der Waals surface area contributed by atoms with Gasteiger partial charge in [0.2, 0.25) is 11.4 Å². The van der Waals surface area contributed by atoms with Crippen LogP contribution in [0.15, 0.2) is 11.4 Å². The fourth-order valence-electron chi connectivity index (χ4n) is 1.82.